The summed E-state index contributed by atoms with van der Waals surface area (Å²) in [6.45, 7) is 1.72. The van der Waals surface area contributed by atoms with Crippen molar-refractivity contribution in [3.8, 4) is 0 Å². The summed E-state index contributed by atoms with van der Waals surface area (Å²) in [5, 5.41) is 8.91. The van der Waals surface area contributed by atoms with Gasteiger partial charge in [0.25, 0.3) is 0 Å². The molecule has 1 spiro atoms. The number of piperidine rings is 1. The molecule has 9 nitrogen and oxygen atoms in total. The van der Waals surface area contributed by atoms with Gasteiger partial charge in [-0.25, -0.2) is 14.4 Å². The summed E-state index contributed by atoms with van der Waals surface area (Å²) in [5.41, 5.74) is 15.7. The van der Waals surface area contributed by atoms with E-state index in [9.17, 15) is 0 Å². The smallest absolute Gasteiger partial charge is 0.212 e. The molecule has 1 saturated heterocycles. The van der Waals surface area contributed by atoms with Crippen molar-refractivity contribution in [2.24, 2.45) is 11.1 Å². The molecule has 1 atom stereocenters. The molecule has 11 heteroatoms. The molecule has 0 aromatic carbocycles. The number of hydrogen-bond donors (Lipinski definition) is 2. The molecule has 1 fully saturated rings. The number of nitrogens with zero attached hydrogens (tertiary/aromatic N) is 7. The minimum Gasteiger partial charge on any atom is -0.382 e. The Kier molecular flexibility index (Phi) is 4.89. The van der Waals surface area contributed by atoms with Crippen LogP contribution in [0.15, 0.2) is 52.9 Å². The number of pyridine rings is 2. The van der Waals surface area contributed by atoms with E-state index in [1.165, 1.54) is 17.3 Å². The maximum absolute atomic E-state index is 6.68. The molecule has 4 aromatic heterocycles. The highest BCUT2D eigenvalue weighted by molar-refractivity contribution is 7.99. The molecule has 5 heterocycles. The van der Waals surface area contributed by atoms with Gasteiger partial charge in [0.05, 0.1) is 21.7 Å². The van der Waals surface area contributed by atoms with Crippen LogP contribution in [0.4, 0.5) is 11.8 Å². The minimum atomic E-state index is -0.0185. The molecule has 0 amide bonds. The van der Waals surface area contributed by atoms with Crippen molar-refractivity contribution >= 4 is 40.8 Å². The predicted molar refractivity (Wildman–Crippen MR) is 127 cm³/mol. The second kappa shape index (κ2) is 7.82. The highest BCUT2D eigenvalue weighted by Crippen LogP contribution is 2.50. The first kappa shape index (κ1) is 20.6. The number of halogens is 1. The lowest BCUT2D eigenvalue weighted by Gasteiger charge is -2.42. The number of rotatable bonds is 3. The fourth-order valence-electron chi connectivity index (χ4n) is 5.03. The fourth-order valence-corrected chi connectivity index (χ4v) is 6.15. The summed E-state index contributed by atoms with van der Waals surface area (Å²) in [6, 6.07) is 5.96. The zero-order chi connectivity index (χ0) is 22.6. The van der Waals surface area contributed by atoms with Crippen molar-refractivity contribution in [3.05, 3.63) is 59.4 Å². The molecule has 1 aliphatic carbocycles. The molecular weight excluding hydrogens is 458 g/mol. The molecule has 6 rings (SSSR count). The lowest BCUT2D eigenvalue weighted by atomic mass is 9.73. The van der Waals surface area contributed by atoms with Crippen LogP contribution in [0.3, 0.4) is 0 Å². The largest absolute Gasteiger partial charge is 0.382 e. The normalized spacial score (nSPS) is 19.3. The first-order chi connectivity index (χ1) is 16.1. The van der Waals surface area contributed by atoms with E-state index in [0.717, 1.165) is 59.4 Å². The Balaban J connectivity index is 1.25. The van der Waals surface area contributed by atoms with Crippen LogP contribution in [0.25, 0.3) is 5.65 Å². The maximum atomic E-state index is 6.68. The van der Waals surface area contributed by atoms with Crippen molar-refractivity contribution in [1.29, 1.82) is 0 Å². The first-order valence-corrected chi connectivity index (χ1v) is 12.0. The van der Waals surface area contributed by atoms with Crippen molar-refractivity contribution in [3.63, 3.8) is 0 Å². The van der Waals surface area contributed by atoms with Gasteiger partial charge < -0.3 is 16.4 Å². The topological polar surface area (TPSA) is 124 Å². The van der Waals surface area contributed by atoms with Gasteiger partial charge in [-0.3, -0.25) is 4.98 Å². The lowest BCUT2D eigenvalue weighted by Crippen LogP contribution is -2.45. The summed E-state index contributed by atoms with van der Waals surface area (Å²) in [4.78, 5) is 17.3. The number of hydrogen-bond acceptors (Lipinski definition) is 9. The van der Waals surface area contributed by atoms with Crippen LogP contribution in [0.2, 0.25) is 5.02 Å². The third-order valence-corrected chi connectivity index (χ3v) is 8.42. The van der Waals surface area contributed by atoms with E-state index in [-0.39, 0.29) is 11.5 Å². The molecule has 0 saturated carbocycles. The number of anilines is 2. The summed E-state index contributed by atoms with van der Waals surface area (Å²) in [7, 11) is 0. The molecule has 168 valence electrons. The molecule has 4 N–H and O–H groups in total. The Bertz CT molecular complexity index is 1350. The van der Waals surface area contributed by atoms with Crippen molar-refractivity contribution < 1.29 is 0 Å². The van der Waals surface area contributed by atoms with Gasteiger partial charge in [-0.15, -0.1) is 10.2 Å². The number of nitrogens with two attached hydrogens (primary N) is 2. The molecule has 0 unspecified atom stereocenters. The monoisotopic (exact) mass is 479 g/mol. The van der Waals surface area contributed by atoms with Crippen LogP contribution >= 0.6 is 23.4 Å². The van der Waals surface area contributed by atoms with Crippen LogP contribution in [0.5, 0.6) is 0 Å². The van der Waals surface area contributed by atoms with Crippen LogP contribution in [-0.2, 0) is 6.42 Å². The average Bonchev–Trinajstić information content (AvgIpc) is 3.42. The van der Waals surface area contributed by atoms with Crippen molar-refractivity contribution in [2.75, 3.05) is 23.7 Å². The van der Waals surface area contributed by atoms with Gasteiger partial charge in [-0.05, 0) is 42.4 Å². The standard InChI is InChI=1S/C22H22ClN9S/c23-16-14(3-7-27-19(16)25)33-15-11-28-21(32-12-29-30-20(15)32)31-8-4-22(5-9-31)10-13-2-1-6-26-17(13)18(22)24/h1-3,6-7,11-12,18H,4-5,8-10,24H2,(H2,25,27)/t18-/m1/s1. The highest BCUT2D eigenvalue weighted by atomic mass is 35.5. The zero-order valence-electron chi connectivity index (χ0n) is 17.7. The van der Waals surface area contributed by atoms with Gasteiger partial charge in [0.2, 0.25) is 5.95 Å². The molecule has 4 aromatic rings. The Morgan fingerprint density at radius 1 is 1.09 bits per heavy atom. The second-order valence-corrected chi connectivity index (χ2v) is 10.1. The van der Waals surface area contributed by atoms with E-state index in [1.807, 2.05) is 28.9 Å². The Morgan fingerprint density at radius 3 is 2.76 bits per heavy atom. The Labute approximate surface area is 199 Å². The van der Waals surface area contributed by atoms with Gasteiger partial charge in [-0.1, -0.05) is 29.4 Å². The van der Waals surface area contributed by atoms with Gasteiger partial charge >= 0.3 is 0 Å². The van der Waals surface area contributed by atoms with Gasteiger partial charge in [-0.2, -0.15) is 0 Å². The van der Waals surface area contributed by atoms with E-state index in [2.05, 4.69) is 31.1 Å². The van der Waals surface area contributed by atoms with Crippen molar-refractivity contribution in [2.45, 2.75) is 35.1 Å². The van der Waals surface area contributed by atoms with Crippen molar-refractivity contribution in [1.82, 2.24) is 29.5 Å². The molecule has 0 bridgehead atoms. The molecule has 33 heavy (non-hydrogen) atoms. The third-order valence-electron chi connectivity index (χ3n) is 6.85. The van der Waals surface area contributed by atoms with Gasteiger partial charge in [0.15, 0.2) is 5.65 Å². The van der Waals surface area contributed by atoms with Crippen LogP contribution < -0.4 is 16.4 Å². The summed E-state index contributed by atoms with van der Waals surface area (Å²) >= 11 is 7.78. The van der Waals surface area contributed by atoms with E-state index in [4.69, 9.17) is 28.1 Å². The Hall–Kier alpha value is -2.95. The lowest BCUT2D eigenvalue weighted by molar-refractivity contribution is 0.185. The SMILES string of the molecule is Nc1nccc(Sc2cnc(N3CCC4(CC3)Cc3cccnc3[C@H]4N)n3cnnc23)c1Cl. The van der Waals surface area contributed by atoms with E-state index in [0.29, 0.717) is 10.8 Å². The summed E-state index contributed by atoms with van der Waals surface area (Å²) in [5.74, 6) is 1.13. The molecule has 2 aliphatic rings. The predicted octanol–water partition coefficient (Wildman–Crippen LogP) is 3.14. The van der Waals surface area contributed by atoms with Gasteiger partial charge in [0, 0.05) is 36.6 Å². The van der Waals surface area contributed by atoms with E-state index < -0.39 is 0 Å². The third kappa shape index (κ3) is 3.32. The molecule has 0 radical (unpaired) electrons. The maximum Gasteiger partial charge on any atom is 0.212 e. The Morgan fingerprint density at radius 2 is 1.94 bits per heavy atom. The molecule has 1 aliphatic heterocycles. The van der Waals surface area contributed by atoms with Crippen LogP contribution in [-0.4, -0.2) is 42.6 Å². The summed E-state index contributed by atoms with van der Waals surface area (Å²) < 4.78 is 1.93. The van der Waals surface area contributed by atoms with Gasteiger partial charge in [0.1, 0.15) is 12.1 Å². The fraction of sp³-hybridized carbons (Fsp3) is 0.318. The number of aromatic nitrogens is 6. The molecular formula is C22H22ClN9S. The number of fused-ring (bicyclic) bond motifs is 2. The average molecular weight is 480 g/mol. The van der Waals surface area contributed by atoms with Crippen LogP contribution in [0, 0.1) is 5.41 Å². The quantitative estimate of drug-likeness (QED) is 0.455. The summed E-state index contributed by atoms with van der Waals surface area (Å²) in [6.07, 6.45) is 9.96. The minimum absolute atomic E-state index is 0.0185. The van der Waals surface area contributed by atoms with E-state index >= 15 is 0 Å². The van der Waals surface area contributed by atoms with E-state index in [1.54, 1.807) is 12.5 Å². The first-order valence-electron chi connectivity index (χ1n) is 10.8. The second-order valence-electron chi connectivity index (χ2n) is 8.61. The number of nitrogen functional groups attached to an aromatic ring is 1. The van der Waals surface area contributed by atoms with Crippen LogP contribution in [0.1, 0.15) is 30.1 Å². The highest BCUT2D eigenvalue weighted by Gasteiger charge is 2.47. The zero-order valence-corrected chi connectivity index (χ0v) is 19.3.